The zero-order valence-electron chi connectivity index (χ0n) is 13.9. The van der Waals surface area contributed by atoms with Gasteiger partial charge in [0.1, 0.15) is 10.3 Å². The Kier molecular flexibility index (Phi) is 5.60. The monoisotopic (exact) mass is 404 g/mol. The summed E-state index contributed by atoms with van der Waals surface area (Å²) in [5.41, 5.74) is 13.7. The van der Waals surface area contributed by atoms with Crippen LogP contribution in [-0.2, 0) is 6.42 Å². The van der Waals surface area contributed by atoms with Crippen LogP contribution in [0.15, 0.2) is 29.3 Å². The van der Waals surface area contributed by atoms with Crippen molar-refractivity contribution in [2.45, 2.75) is 19.3 Å². The summed E-state index contributed by atoms with van der Waals surface area (Å²) in [4.78, 5) is 27.3. The average Bonchev–Trinajstić information content (AvgIpc) is 2.64. The fourth-order valence-electron chi connectivity index (χ4n) is 3.18. The molecule has 0 saturated carbocycles. The number of nitrogens with two attached hydrogens (primary N) is 2. The minimum atomic E-state index is -0.173. The number of hydrogen-bond donors (Lipinski definition) is 2. The van der Waals surface area contributed by atoms with Crippen LogP contribution in [0, 0.1) is 5.92 Å². The third-order valence-electron chi connectivity index (χ3n) is 4.46. The maximum atomic E-state index is 12.7. The maximum absolute atomic E-state index is 12.7. The summed E-state index contributed by atoms with van der Waals surface area (Å²) in [5, 5.41) is 0. The standard InChI is InChI=1S/C17H21BrN6O/c18-15-9-22-17(20)16(23-15)14(25)6-12-8-21-4-3-13(12)24-5-1-2-11(7-19)10-24/h3-4,8-9,11H,1-2,5-7,10,19H2,(H2,20,22). The van der Waals surface area contributed by atoms with Gasteiger partial charge in [0, 0.05) is 43.2 Å². The van der Waals surface area contributed by atoms with Crippen molar-refractivity contribution in [1.29, 1.82) is 0 Å². The van der Waals surface area contributed by atoms with E-state index in [1.54, 1.807) is 12.4 Å². The molecule has 1 atom stereocenters. The average molecular weight is 405 g/mol. The fraction of sp³-hybridized carbons (Fsp3) is 0.412. The lowest BCUT2D eigenvalue weighted by Crippen LogP contribution is -2.39. The second-order valence-electron chi connectivity index (χ2n) is 6.22. The molecular formula is C17H21BrN6O. The first kappa shape index (κ1) is 17.8. The van der Waals surface area contributed by atoms with E-state index in [4.69, 9.17) is 11.5 Å². The van der Waals surface area contributed by atoms with Crippen molar-refractivity contribution < 1.29 is 4.79 Å². The van der Waals surface area contributed by atoms with Gasteiger partial charge >= 0.3 is 0 Å². The highest BCUT2D eigenvalue weighted by molar-refractivity contribution is 9.10. The van der Waals surface area contributed by atoms with Crippen LogP contribution in [0.1, 0.15) is 28.9 Å². The van der Waals surface area contributed by atoms with Crippen molar-refractivity contribution >= 4 is 33.2 Å². The Hall–Kier alpha value is -2.06. The van der Waals surface area contributed by atoms with Gasteiger partial charge in [-0.3, -0.25) is 9.78 Å². The SMILES string of the molecule is NCC1CCCN(c2ccncc2CC(=O)c2nc(Br)cnc2N)C1. The zero-order valence-corrected chi connectivity index (χ0v) is 15.4. The molecule has 2 aromatic rings. The van der Waals surface area contributed by atoms with E-state index in [0.717, 1.165) is 37.2 Å². The lowest BCUT2D eigenvalue weighted by molar-refractivity contribution is 0.0988. The molecule has 3 rings (SSSR count). The Morgan fingerprint density at radius 2 is 2.24 bits per heavy atom. The topological polar surface area (TPSA) is 111 Å². The van der Waals surface area contributed by atoms with Crippen molar-refractivity contribution in [3.8, 4) is 0 Å². The van der Waals surface area contributed by atoms with E-state index in [1.807, 2.05) is 6.07 Å². The van der Waals surface area contributed by atoms with Gasteiger partial charge in [-0.15, -0.1) is 0 Å². The molecule has 0 spiro atoms. The largest absolute Gasteiger partial charge is 0.382 e. The Balaban J connectivity index is 1.83. The molecule has 1 aliphatic heterocycles. The molecule has 0 aromatic carbocycles. The number of anilines is 2. The summed E-state index contributed by atoms with van der Waals surface area (Å²) in [6.45, 7) is 2.54. The third-order valence-corrected chi connectivity index (χ3v) is 4.84. The van der Waals surface area contributed by atoms with Gasteiger partial charge in [-0.2, -0.15) is 0 Å². The van der Waals surface area contributed by atoms with Gasteiger partial charge in [-0.05, 0) is 47.3 Å². The summed E-state index contributed by atoms with van der Waals surface area (Å²) < 4.78 is 0.485. The first-order valence-corrected chi connectivity index (χ1v) is 9.07. The molecule has 1 unspecified atom stereocenters. The smallest absolute Gasteiger partial charge is 0.189 e. The van der Waals surface area contributed by atoms with Crippen molar-refractivity contribution in [3.63, 3.8) is 0 Å². The lowest BCUT2D eigenvalue weighted by Gasteiger charge is -2.35. The van der Waals surface area contributed by atoms with Gasteiger partial charge in [0.05, 0.1) is 6.20 Å². The van der Waals surface area contributed by atoms with E-state index in [2.05, 4.69) is 35.8 Å². The summed E-state index contributed by atoms with van der Waals surface area (Å²) in [7, 11) is 0. The number of halogens is 1. The van der Waals surface area contributed by atoms with E-state index in [9.17, 15) is 4.79 Å². The minimum Gasteiger partial charge on any atom is -0.382 e. The molecule has 0 bridgehead atoms. The maximum Gasteiger partial charge on any atom is 0.189 e. The first-order chi connectivity index (χ1) is 12.1. The van der Waals surface area contributed by atoms with Gasteiger partial charge in [0.25, 0.3) is 0 Å². The second kappa shape index (κ2) is 7.88. The summed E-state index contributed by atoms with van der Waals surface area (Å²) in [6.07, 6.45) is 7.40. The van der Waals surface area contributed by atoms with Crippen molar-refractivity contribution in [3.05, 3.63) is 40.5 Å². The molecule has 8 heteroatoms. The summed E-state index contributed by atoms with van der Waals surface area (Å²) in [5.74, 6) is 0.449. The lowest BCUT2D eigenvalue weighted by atomic mass is 9.96. The molecule has 1 fully saturated rings. The summed E-state index contributed by atoms with van der Waals surface area (Å²) >= 11 is 3.23. The molecule has 132 valence electrons. The number of ketones is 1. The molecule has 1 aliphatic rings. The number of nitrogen functional groups attached to an aromatic ring is 1. The number of Topliss-reactive ketones (excluding diaryl/α,β-unsaturated/α-hetero) is 1. The van der Waals surface area contributed by atoms with E-state index in [1.165, 1.54) is 6.20 Å². The number of piperidine rings is 1. The van der Waals surface area contributed by atoms with E-state index >= 15 is 0 Å². The second-order valence-corrected chi connectivity index (χ2v) is 7.03. The molecule has 1 saturated heterocycles. The molecule has 2 aromatic heterocycles. The van der Waals surface area contributed by atoms with Gasteiger partial charge < -0.3 is 16.4 Å². The number of hydrogen-bond acceptors (Lipinski definition) is 7. The number of carbonyl (C=O) groups is 1. The van der Waals surface area contributed by atoms with Crippen LogP contribution in [0.3, 0.4) is 0 Å². The number of aromatic nitrogens is 3. The molecule has 3 heterocycles. The molecule has 0 aliphatic carbocycles. The predicted octanol–water partition coefficient (Wildman–Crippen LogP) is 1.82. The molecule has 0 radical (unpaired) electrons. The van der Waals surface area contributed by atoms with Crippen LogP contribution >= 0.6 is 15.9 Å². The minimum absolute atomic E-state index is 0.139. The van der Waals surface area contributed by atoms with Crippen molar-refractivity contribution in [1.82, 2.24) is 15.0 Å². The van der Waals surface area contributed by atoms with E-state index in [-0.39, 0.29) is 23.7 Å². The Morgan fingerprint density at radius 1 is 1.40 bits per heavy atom. The molecular weight excluding hydrogens is 384 g/mol. The van der Waals surface area contributed by atoms with Gasteiger partial charge in [-0.1, -0.05) is 0 Å². The van der Waals surface area contributed by atoms with Crippen LogP contribution in [0.5, 0.6) is 0 Å². The Bertz CT molecular complexity index is 769. The quantitative estimate of drug-likeness (QED) is 0.730. The normalized spacial score (nSPS) is 17.5. The number of pyridine rings is 1. The third kappa shape index (κ3) is 4.13. The Morgan fingerprint density at radius 3 is 3.04 bits per heavy atom. The van der Waals surface area contributed by atoms with Gasteiger partial charge in [0.15, 0.2) is 11.6 Å². The van der Waals surface area contributed by atoms with Crippen LogP contribution < -0.4 is 16.4 Å². The first-order valence-electron chi connectivity index (χ1n) is 8.27. The van der Waals surface area contributed by atoms with Crippen LogP contribution in [0.2, 0.25) is 0 Å². The molecule has 4 N–H and O–H groups in total. The number of rotatable bonds is 5. The molecule has 0 amide bonds. The Labute approximate surface area is 155 Å². The van der Waals surface area contributed by atoms with E-state index in [0.29, 0.717) is 17.1 Å². The number of carbonyl (C=O) groups excluding carboxylic acids is 1. The van der Waals surface area contributed by atoms with Crippen molar-refractivity contribution in [2.24, 2.45) is 11.7 Å². The zero-order chi connectivity index (χ0) is 17.8. The van der Waals surface area contributed by atoms with Crippen LogP contribution in [-0.4, -0.2) is 40.4 Å². The highest BCUT2D eigenvalue weighted by Gasteiger charge is 2.22. The molecule has 7 nitrogen and oxygen atoms in total. The van der Waals surface area contributed by atoms with Crippen LogP contribution in [0.4, 0.5) is 11.5 Å². The van der Waals surface area contributed by atoms with E-state index < -0.39 is 0 Å². The van der Waals surface area contributed by atoms with Crippen LogP contribution in [0.25, 0.3) is 0 Å². The van der Waals surface area contributed by atoms with Crippen molar-refractivity contribution in [2.75, 3.05) is 30.3 Å². The van der Waals surface area contributed by atoms with Gasteiger partial charge in [-0.25, -0.2) is 9.97 Å². The van der Waals surface area contributed by atoms with Gasteiger partial charge in [0.2, 0.25) is 0 Å². The highest BCUT2D eigenvalue weighted by Crippen LogP contribution is 2.27. The fourth-order valence-corrected chi connectivity index (χ4v) is 3.46. The predicted molar refractivity (Wildman–Crippen MR) is 100 cm³/mol. The molecule has 25 heavy (non-hydrogen) atoms. The summed E-state index contributed by atoms with van der Waals surface area (Å²) in [6, 6.07) is 1.96. The highest BCUT2D eigenvalue weighted by atomic mass is 79.9. The number of nitrogens with zero attached hydrogens (tertiary/aromatic N) is 4.